The molecular formula is C14H18FNO. The van der Waals surface area contributed by atoms with Crippen LogP contribution in [0.2, 0.25) is 0 Å². The van der Waals surface area contributed by atoms with Gasteiger partial charge in [-0.2, -0.15) is 0 Å². The van der Waals surface area contributed by atoms with E-state index in [9.17, 15) is 9.18 Å². The summed E-state index contributed by atoms with van der Waals surface area (Å²) in [6.07, 6.45) is 2.74. The fraction of sp³-hybridized carbons (Fsp3) is 0.500. The fourth-order valence-corrected chi connectivity index (χ4v) is 2.38. The predicted molar refractivity (Wildman–Crippen MR) is 65.7 cm³/mol. The minimum absolute atomic E-state index is 0.0568. The van der Waals surface area contributed by atoms with Crippen molar-refractivity contribution < 1.29 is 9.18 Å². The molecule has 0 radical (unpaired) electrons. The van der Waals surface area contributed by atoms with E-state index in [0.717, 1.165) is 31.5 Å². The van der Waals surface area contributed by atoms with E-state index in [0.29, 0.717) is 17.9 Å². The molecule has 3 heteroatoms. The van der Waals surface area contributed by atoms with Crippen LogP contribution in [0.25, 0.3) is 0 Å². The molecule has 1 heterocycles. The zero-order chi connectivity index (χ0) is 12.3. The number of piperidine rings is 1. The number of ketones is 1. The van der Waals surface area contributed by atoms with E-state index >= 15 is 0 Å². The van der Waals surface area contributed by atoms with Crippen molar-refractivity contribution in [1.82, 2.24) is 5.32 Å². The summed E-state index contributed by atoms with van der Waals surface area (Å²) in [4.78, 5) is 12.0. The molecule has 2 rings (SSSR count). The second kappa shape index (κ2) is 5.41. The third kappa shape index (κ3) is 3.37. The van der Waals surface area contributed by atoms with Gasteiger partial charge >= 0.3 is 0 Å². The van der Waals surface area contributed by atoms with Crippen LogP contribution in [0.15, 0.2) is 18.2 Å². The summed E-state index contributed by atoms with van der Waals surface area (Å²) in [5.74, 6) is 0.135. The van der Waals surface area contributed by atoms with Crippen LogP contribution in [0.4, 0.5) is 4.39 Å². The highest BCUT2D eigenvalue weighted by atomic mass is 19.1. The molecule has 1 unspecified atom stereocenters. The maximum atomic E-state index is 13.2. The van der Waals surface area contributed by atoms with Gasteiger partial charge in [-0.3, -0.25) is 4.79 Å². The van der Waals surface area contributed by atoms with Crippen molar-refractivity contribution in [2.45, 2.75) is 26.2 Å². The van der Waals surface area contributed by atoms with Crippen LogP contribution >= 0.6 is 0 Å². The number of halogens is 1. The lowest BCUT2D eigenvalue weighted by molar-refractivity contribution is 0.0953. The normalized spacial score (nSPS) is 20.2. The fourth-order valence-electron chi connectivity index (χ4n) is 2.38. The van der Waals surface area contributed by atoms with E-state index < -0.39 is 0 Å². The maximum absolute atomic E-state index is 13.2. The van der Waals surface area contributed by atoms with Crippen LogP contribution in [0, 0.1) is 18.7 Å². The number of carbonyl (C=O) groups excluding carboxylic acids is 1. The number of nitrogens with one attached hydrogen (secondary N) is 1. The summed E-state index contributed by atoms with van der Waals surface area (Å²) in [7, 11) is 0. The molecule has 0 bridgehead atoms. The molecule has 0 aliphatic carbocycles. The largest absolute Gasteiger partial charge is 0.316 e. The molecule has 0 amide bonds. The van der Waals surface area contributed by atoms with Crippen LogP contribution in [0.1, 0.15) is 35.2 Å². The Hall–Kier alpha value is -1.22. The maximum Gasteiger partial charge on any atom is 0.163 e. The predicted octanol–water partition coefficient (Wildman–Crippen LogP) is 2.71. The average Bonchev–Trinajstić information content (AvgIpc) is 2.29. The van der Waals surface area contributed by atoms with Crippen molar-refractivity contribution in [2.75, 3.05) is 13.1 Å². The first-order valence-corrected chi connectivity index (χ1v) is 6.16. The summed E-state index contributed by atoms with van der Waals surface area (Å²) >= 11 is 0. The molecule has 1 aromatic rings. The summed E-state index contributed by atoms with van der Waals surface area (Å²) in [6, 6.07) is 4.55. The van der Waals surface area contributed by atoms with Crippen LogP contribution in [0.3, 0.4) is 0 Å². The summed E-state index contributed by atoms with van der Waals surface area (Å²) in [5, 5.41) is 3.29. The minimum atomic E-state index is -0.324. The molecule has 0 aromatic heterocycles. The van der Waals surface area contributed by atoms with Gasteiger partial charge in [-0.1, -0.05) is 0 Å². The Morgan fingerprint density at radius 1 is 1.47 bits per heavy atom. The van der Waals surface area contributed by atoms with Gasteiger partial charge in [-0.25, -0.2) is 4.39 Å². The molecule has 2 nitrogen and oxygen atoms in total. The third-order valence-corrected chi connectivity index (χ3v) is 3.24. The van der Waals surface area contributed by atoms with Gasteiger partial charge in [-0.15, -0.1) is 0 Å². The Kier molecular flexibility index (Phi) is 3.89. The van der Waals surface area contributed by atoms with Gasteiger partial charge in [0.2, 0.25) is 0 Å². The van der Waals surface area contributed by atoms with Crippen molar-refractivity contribution in [3.63, 3.8) is 0 Å². The van der Waals surface area contributed by atoms with Crippen molar-refractivity contribution in [2.24, 2.45) is 5.92 Å². The zero-order valence-corrected chi connectivity index (χ0v) is 10.1. The third-order valence-electron chi connectivity index (χ3n) is 3.24. The molecule has 1 atom stereocenters. The molecule has 0 spiro atoms. The van der Waals surface area contributed by atoms with Crippen LogP contribution in [-0.2, 0) is 0 Å². The summed E-state index contributed by atoms with van der Waals surface area (Å²) < 4.78 is 13.2. The van der Waals surface area contributed by atoms with Crippen molar-refractivity contribution >= 4 is 5.78 Å². The first-order valence-electron chi connectivity index (χ1n) is 6.16. The molecule has 92 valence electrons. The molecule has 1 N–H and O–H groups in total. The van der Waals surface area contributed by atoms with Gasteiger partial charge in [-0.05, 0) is 62.5 Å². The second-order valence-corrected chi connectivity index (χ2v) is 4.86. The number of hydrogen-bond donors (Lipinski definition) is 1. The summed E-state index contributed by atoms with van der Waals surface area (Å²) in [6.45, 7) is 3.76. The first kappa shape index (κ1) is 12.2. The Morgan fingerprint density at radius 2 is 2.29 bits per heavy atom. The molecule has 0 saturated carbocycles. The molecule has 1 saturated heterocycles. The smallest absolute Gasteiger partial charge is 0.163 e. The molecule has 1 aromatic carbocycles. The van der Waals surface area contributed by atoms with E-state index in [1.165, 1.54) is 12.1 Å². The van der Waals surface area contributed by atoms with Gasteiger partial charge in [0.1, 0.15) is 5.82 Å². The SMILES string of the molecule is Cc1cc(F)cc(C(=O)CC2CCCNC2)c1. The van der Waals surface area contributed by atoms with Gasteiger partial charge in [0, 0.05) is 12.0 Å². The Bertz CT molecular complexity index is 390. The quantitative estimate of drug-likeness (QED) is 0.816. The van der Waals surface area contributed by atoms with E-state index in [1.807, 2.05) is 6.92 Å². The summed E-state index contributed by atoms with van der Waals surface area (Å²) in [5.41, 5.74) is 1.31. The number of rotatable bonds is 3. The minimum Gasteiger partial charge on any atom is -0.316 e. The van der Waals surface area contributed by atoms with E-state index in [2.05, 4.69) is 5.32 Å². The van der Waals surface area contributed by atoms with Gasteiger partial charge < -0.3 is 5.32 Å². The number of aryl methyl sites for hydroxylation is 1. The Balaban J connectivity index is 2.03. The number of hydrogen-bond acceptors (Lipinski definition) is 2. The van der Waals surface area contributed by atoms with E-state index in [1.54, 1.807) is 6.07 Å². The van der Waals surface area contributed by atoms with Crippen LogP contribution in [0.5, 0.6) is 0 Å². The van der Waals surface area contributed by atoms with E-state index in [4.69, 9.17) is 0 Å². The number of benzene rings is 1. The molecular weight excluding hydrogens is 217 g/mol. The van der Waals surface area contributed by atoms with Gasteiger partial charge in [0.05, 0.1) is 0 Å². The molecule has 1 aliphatic heterocycles. The number of carbonyl (C=O) groups is 1. The Labute approximate surface area is 101 Å². The highest BCUT2D eigenvalue weighted by molar-refractivity contribution is 5.96. The number of Topliss-reactive ketones (excluding diaryl/α,β-unsaturated/α-hetero) is 1. The van der Waals surface area contributed by atoms with Crippen molar-refractivity contribution in [3.8, 4) is 0 Å². The van der Waals surface area contributed by atoms with Crippen LogP contribution in [-0.4, -0.2) is 18.9 Å². The van der Waals surface area contributed by atoms with Gasteiger partial charge in [0.25, 0.3) is 0 Å². The topological polar surface area (TPSA) is 29.1 Å². The Morgan fingerprint density at radius 3 is 2.94 bits per heavy atom. The van der Waals surface area contributed by atoms with Crippen molar-refractivity contribution in [1.29, 1.82) is 0 Å². The highest BCUT2D eigenvalue weighted by Gasteiger charge is 2.18. The molecule has 1 aliphatic rings. The lowest BCUT2D eigenvalue weighted by Crippen LogP contribution is -2.31. The van der Waals surface area contributed by atoms with Gasteiger partial charge in [0.15, 0.2) is 5.78 Å². The molecule has 17 heavy (non-hydrogen) atoms. The average molecular weight is 235 g/mol. The second-order valence-electron chi connectivity index (χ2n) is 4.86. The highest BCUT2D eigenvalue weighted by Crippen LogP contribution is 2.18. The van der Waals surface area contributed by atoms with Crippen LogP contribution < -0.4 is 5.32 Å². The monoisotopic (exact) mass is 235 g/mol. The standard InChI is InChI=1S/C14H18FNO/c1-10-5-12(8-13(15)6-10)14(17)7-11-3-2-4-16-9-11/h5-6,8,11,16H,2-4,7,9H2,1H3. The van der Waals surface area contributed by atoms with E-state index in [-0.39, 0.29) is 11.6 Å². The lowest BCUT2D eigenvalue weighted by atomic mass is 9.91. The first-order chi connectivity index (χ1) is 8.15. The zero-order valence-electron chi connectivity index (χ0n) is 10.1. The molecule has 1 fully saturated rings. The lowest BCUT2D eigenvalue weighted by Gasteiger charge is -2.21. The van der Waals surface area contributed by atoms with Crippen molar-refractivity contribution in [3.05, 3.63) is 35.1 Å².